The van der Waals surface area contributed by atoms with Gasteiger partial charge in [-0.25, -0.2) is 18.6 Å². The van der Waals surface area contributed by atoms with E-state index in [2.05, 4.69) is 20.9 Å². The SMILES string of the molecule is O=C(O)c1cnc(F)c(CBr)c1C(F)F. The van der Waals surface area contributed by atoms with E-state index in [-0.39, 0.29) is 5.33 Å². The van der Waals surface area contributed by atoms with Gasteiger partial charge in [-0.3, -0.25) is 0 Å². The van der Waals surface area contributed by atoms with E-state index in [1.807, 2.05) is 0 Å². The molecule has 3 nitrogen and oxygen atoms in total. The Labute approximate surface area is 91.1 Å². The van der Waals surface area contributed by atoms with E-state index in [4.69, 9.17) is 5.11 Å². The summed E-state index contributed by atoms with van der Waals surface area (Å²) < 4.78 is 38.1. The second-order valence-corrected chi connectivity index (χ2v) is 3.16. The number of carboxylic acid groups (broad SMARTS) is 1. The highest BCUT2D eigenvalue weighted by atomic mass is 79.9. The van der Waals surface area contributed by atoms with Crippen LogP contribution < -0.4 is 0 Å². The first kappa shape index (κ1) is 12.0. The molecule has 0 spiro atoms. The second kappa shape index (κ2) is 4.61. The minimum Gasteiger partial charge on any atom is -0.478 e. The van der Waals surface area contributed by atoms with Crippen LogP contribution in [0, 0.1) is 5.95 Å². The van der Waals surface area contributed by atoms with Crippen LogP contribution in [0.5, 0.6) is 0 Å². The van der Waals surface area contributed by atoms with Gasteiger partial charge < -0.3 is 5.11 Å². The number of nitrogens with zero attached hydrogens (tertiary/aromatic N) is 1. The summed E-state index contributed by atoms with van der Waals surface area (Å²) in [5.74, 6) is -2.65. The fourth-order valence-corrected chi connectivity index (χ4v) is 1.62. The third-order valence-corrected chi connectivity index (χ3v) is 2.31. The average molecular weight is 284 g/mol. The summed E-state index contributed by atoms with van der Waals surface area (Å²) in [5.41, 5.74) is -1.93. The van der Waals surface area contributed by atoms with Crippen LogP contribution in [0.4, 0.5) is 13.2 Å². The number of aromatic nitrogens is 1. The van der Waals surface area contributed by atoms with Crippen molar-refractivity contribution >= 4 is 21.9 Å². The van der Waals surface area contributed by atoms with Crippen molar-refractivity contribution in [3.63, 3.8) is 0 Å². The van der Waals surface area contributed by atoms with Crippen molar-refractivity contribution in [1.82, 2.24) is 4.98 Å². The summed E-state index contributed by atoms with van der Waals surface area (Å²) >= 11 is 2.80. The fourth-order valence-electron chi connectivity index (χ4n) is 1.09. The lowest BCUT2D eigenvalue weighted by atomic mass is 10.1. The van der Waals surface area contributed by atoms with Crippen molar-refractivity contribution < 1.29 is 23.1 Å². The Morgan fingerprint density at radius 3 is 2.60 bits per heavy atom. The molecule has 1 heterocycles. The Hall–Kier alpha value is -1.11. The lowest BCUT2D eigenvalue weighted by Gasteiger charge is -2.09. The summed E-state index contributed by atoms with van der Waals surface area (Å²) in [6.07, 6.45) is -2.47. The zero-order valence-electron chi connectivity index (χ0n) is 7.18. The molecule has 0 fully saturated rings. The largest absolute Gasteiger partial charge is 0.478 e. The van der Waals surface area contributed by atoms with E-state index in [9.17, 15) is 18.0 Å². The van der Waals surface area contributed by atoms with Gasteiger partial charge in [-0.05, 0) is 0 Å². The molecule has 0 aliphatic rings. The number of hydrogen-bond donors (Lipinski definition) is 1. The molecule has 0 radical (unpaired) electrons. The van der Waals surface area contributed by atoms with Crippen LogP contribution in [0.15, 0.2) is 6.20 Å². The van der Waals surface area contributed by atoms with Crippen LogP contribution in [0.2, 0.25) is 0 Å². The molecule has 1 aromatic heterocycles. The van der Waals surface area contributed by atoms with E-state index in [0.717, 1.165) is 0 Å². The number of aromatic carboxylic acids is 1. The lowest BCUT2D eigenvalue weighted by Crippen LogP contribution is -2.09. The molecular weight excluding hydrogens is 279 g/mol. The summed E-state index contributed by atoms with van der Waals surface area (Å²) in [5, 5.41) is 8.40. The molecule has 1 rings (SSSR count). The van der Waals surface area contributed by atoms with Crippen LogP contribution in [0.25, 0.3) is 0 Å². The van der Waals surface area contributed by atoms with E-state index < -0.39 is 35.0 Å². The highest BCUT2D eigenvalue weighted by Crippen LogP contribution is 2.29. The molecule has 1 N–H and O–H groups in total. The summed E-state index contributed by atoms with van der Waals surface area (Å²) in [4.78, 5) is 13.7. The van der Waals surface area contributed by atoms with Crippen molar-refractivity contribution in [3.05, 3.63) is 28.8 Å². The lowest BCUT2D eigenvalue weighted by molar-refractivity contribution is 0.0683. The molecule has 0 aromatic carbocycles. The number of alkyl halides is 3. The maximum absolute atomic E-state index is 13.0. The molecule has 0 saturated carbocycles. The molecule has 0 aliphatic heterocycles. The number of carbonyl (C=O) groups is 1. The van der Waals surface area contributed by atoms with Crippen LogP contribution in [0.3, 0.4) is 0 Å². The standard InChI is InChI=1S/C8H5BrF3NO2/c9-1-3-5(6(10)11)4(8(14)15)2-13-7(3)12/h2,6H,1H2,(H,14,15). The number of carboxylic acids is 1. The zero-order chi connectivity index (χ0) is 11.6. The van der Waals surface area contributed by atoms with Crippen LogP contribution in [-0.2, 0) is 5.33 Å². The molecule has 15 heavy (non-hydrogen) atoms. The quantitative estimate of drug-likeness (QED) is 0.686. The number of halogens is 4. The van der Waals surface area contributed by atoms with Crippen molar-refractivity contribution in [2.45, 2.75) is 11.8 Å². The smallest absolute Gasteiger partial charge is 0.337 e. The first-order valence-corrected chi connectivity index (χ1v) is 4.85. The van der Waals surface area contributed by atoms with Gasteiger partial charge in [0.05, 0.1) is 5.56 Å². The fraction of sp³-hybridized carbons (Fsp3) is 0.250. The van der Waals surface area contributed by atoms with Crippen molar-refractivity contribution in [1.29, 1.82) is 0 Å². The molecule has 0 bridgehead atoms. The van der Waals surface area contributed by atoms with Gasteiger partial charge in [-0.1, -0.05) is 15.9 Å². The van der Waals surface area contributed by atoms with Crippen molar-refractivity contribution in [2.75, 3.05) is 0 Å². The van der Waals surface area contributed by atoms with Crippen LogP contribution in [0.1, 0.15) is 27.9 Å². The number of pyridine rings is 1. The van der Waals surface area contributed by atoms with Gasteiger partial charge >= 0.3 is 5.97 Å². The number of rotatable bonds is 3. The Kier molecular flexibility index (Phi) is 3.67. The molecule has 7 heteroatoms. The minimum atomic E-state index is -3.05. The topological polar surface area (TPSA) is 50.2 Å². The molecule has 0 saturated heterocycles. The first-order valence-electron chi connectivity index (χ1n) is 3.73. The molecular formula is C8H5BrF3NO2. The van der Waals surface area contributed by atoms with Crippen molar-refractivity contribution in [3.8, 4) is 0 Å². The van der Waals surface area contributed by atoms with Gasteiger partial charge in [-0.15, -0.1) is 0 Å². The van der Waals surface area contributed by atoms with E-state index in [0.29, 0.717) is 6.20 Å². The van der Waals surface area contributed by atoms with Gasteiger partial charge in [0.15, 0.2) is 0 Å². The molecule has 82 valence electrons. The van der Waals surface area contributed by atoms with Gasteiger partial charge in [0, 0.05) is 22.7 Å². The molecule has 0 unspecified atom stereocenters. The van der Waals surface area contributed by atoms with Gasteiger partial charge in [0.1, 0.15) is 0 Å². The number of hydrogen-bond acceptors (Lipinski definition) is 2. The van der Waals surface area contributed by atoms with Gasteiger partial charge in [0.25, 0.3) is 6.43 Å². The molecule has 0 amide bonds. The predicted octanol–water partition coefficient (Wildman–Crippen LogP) is 2.75. The normalized spacial score (nSPS) is 10.7. The van der Waals surface area contributed by atoms with Gasteiger partial charge in [-0.2, -0.15) is 4.39 Å². The predicted molar refractivity (Wildman–Crippen MR) is 48.7 cm³/mol. The Morgan fingerprint density at radius 2 is 2.20 bits per heavy atom. The Balaban J connectivity index is 3.49. The summed E-state index contributed by atoms with van der Waals surface area (Å²) in [7, 11) is 0. The monoisotopic (exact) mass is 283 g/mol. The molecule has 1 aromatic rings. The maximum Gasteiger partial charge on any atom is 0.337 e. The first-order chi connectivity index (χ1) is 6.99. The Bertz CT molecular complexity index is 398. The van der Waals surface area contributed by atoms with Crippen LogP contribution >= 0.6 is 15.9 Å². The van der Waals surface area contributed by atoms with Gasteiger partial charge in [0.2, 0.25) is 5.95 Å². The third-order valence-electron chi connectivity index (χ3n) is 1.75. The van der Waals surface area contributed by atoms with E-state index >= 15 is 0 Å². The maximum atomic E-state index is 13.0. The average Bonchev–Trinajstić information content (AvgIpc) is 2.16. The highest BCUT2D eigenvalue weighted by Gasteiger charge is 2.24. The van der Waals surface area contributed by atoms with Crippen LogP contribution in [-0.4, -0.2) is 16.1 Å². The Morgan fingerprint density at radius 1 is 1.60 bits per heavy atom. The second-order valence-electron chi connectivity index (χ2n) is 2.59. The van der Waals surface area contributed by atoms with Crippen molar-refractivity contribution in [2.24, 2.45) is 0 Å². The minimum absolute atomic E-state index is 0.216. The highest BCUT2D eigenvalue weighted by molar-refractivity contribution is 9.08. The zero-order valence-corrected chi connectivity index (χ0v) is 8.76. The summed E-state index contributed by atoms with van der Waals surface area (Å²) in [6, 6.07) is 0. The molecule has 0 aliphatic carbocycles. The van der Waals surface area contributed by atoms with E-state index in [1.54, 1.807) is 0 Å². The van der Waals surface area contributed by atoms with E-state index in [1.165, 1.54) is 0 Å². The summed E-state index contributed by atoms with van der Waals surface area (Å²) in [6.45, 7) is 0. The molecule has 0 atom stereocenters. The third kappa shape index (κ3) is 2.28.